The molecule has 0 atom stereocenters. The second kappa shape index (κ2) is 6.90. The number of carbonyl (C=O) groups excluding carboxylic acids is 1. The van der Waals surface area contributed by atoms with Gasteiger partial charge in [-0.05, 0) is 13.0 Å². The van der Waals surface area contributed by atoms with Crippen LogP contribution in [0.25, 0.3) is 0 Å². The molecular weight excluding hydrogens is 269 g/mol. The van der Waals surface area contributed by atoms with Gasteiger partial charge in [-0.15, -0.1) is 0 Å². The van der Waals surface area contributed by atoms with Crippen LogP contribution < -0.4 is 0 Å². The quantitative estimate of drug-likeness (QED) is 0.370. The molecule has 0 amide bonds. The topological polar surface area (TPSA) is 60.2 Å². The molecular formula is C13H12FNO3S. The largest absolute Gasteiger partial charge is 0.288 e. The second-order valence-electron chi connectivity index (χ2n) is 3.77. The fraction of sp³-hybridized carbons (Fsp3) is 0.308. The van der Waals surface area contributed by atoms with Gasteiger partial charge in [-0.25, -0.2) is 4.39 Å². The number of rotatable bonds is 3. The molecule has 0 fully saturated rings. The summed E-state index contributed by atoms with van der Waals surface area (Å²) in [6.45, 7) is 2.93. The molecule has 19 heavy (non-hydrogen) atoms. The standard InChI is InChI=1S/C13H12FNO3S/c1-9-7-12(14)11(8-13(9)15(17)18)5-3-4-6-19-10(2)16/h7-8H,4,6H2,1-2H3. The van der Waals surface area contributed by atoms with Crippen LogP contribution in [0.5, 0.6) is 0 Å². The molecule has 0 aliphatic heterocycles. The van der Waals surface area contributed by atoms with E-state index in [-0.39, 0.29) is 21.9 Å². The van der Waals surface area contributed by atoms with Crippen molar-refractivity contribution in [3.05, 3.63) is 39.2 Å². The first-order valence-corrected chi connectivity index (χ1v) is 6.47. The third-order valence-corrected chi connectivity index (χ3v) is 3.05. The Morgan fingerprint density at radius 1 is 1.53 bits per heavy atom. The number of nitro benzene ring substituents is 1. The predicted molar refractivity (Wildman–Crippen MR) is 72.4 cm³/mol. The lowest BCUT2D eigenvalue weighted by Gasteiger charge is -1.99. The number of nitro groups is 1. The van der Waals surface area contributed by atoms with Gasteiger partial charge in [0.15, 0.2) is 5.12 Å². The van der Waals surface area contributed by atoms with Crippen LogP contribution in [0.2, 0.25) is 0 Å². The maximum atomic E-state index is 13.5. The number of nitrogens with zero attached hydrogens (tertiary/aromatic N) is 1. The molecule has 6 heteroatoms. The number of thioether (sulfide) groups is 1. The van der Waals surface area contributed by atoms with Crippen molar-refractivity contribution in [1.29, 1.82) is 0 Å². The molecule has 1 aromatic rings. The highest BCUT2D eigenvalue weighted by molar-refractivity contribution is 8.13. The summed E-state index contributed by atoms with van der Waals surface area (Å²) in [7, 11) is 0. The van der Waals surface area contributed by atoms with Crippen molar-refractivity contribution in [2.45, 2.75) is 20.3 Å². The average molecular weight is 281 g/mol. The van der Waals surface area contributed by atoms with Crippen LogP contribution in [0.4, 0.5) is 10.1 Å². The van der Waals surface area contributed by atoms with Crippen LogP contribution in [0.1, 0.15) is 24.5 Å². The van der Waals surface area contributed by atoms with Crippen molar-refractivity contribution < 1.29 is 14.1 Å². The van der Waals surface area contributed by atoms with E-state index >= 15 is 0 Å². The van der Waals surface area contributed by atoms with E-state index in [2.05, 4.69) is 11.8 Å². The molecule has 100 valence electrons. The summed E-state index contributed by atoms with van der Waals surface area (Å²) in [6.07, 6.45) is 0.422. The van der Waals surface area contributed by atoms with E-state index < -0.39 is 10.7 Å². The van der Waals surface area contributed by atoms with Gasteiger partial charge >= 0.3 is 0 Å². The molecule has 0 N–H and O–H groups in total. The fourth-order valence-electron chi connectivity index (χ4n) is 1.36. The van der Waals surface area contributed by atoms with Gasteiger partial charge in [-0.1, -0.05) is 23.6 Å². The zero-order chi connectivity index (χ0) is 14.4. The Hall–Kier alpha value is -1.87. The first kappa shape index (κ1) is 15.2. The number of hydrogen-bond acceptors (Lipinski definition) is 4. The molecule has 0 aliphatic carbocycles. The van der Waals surface area contributed by atoms with Gasteiger partial charge in [0.1, 0.15) is 5.82 Å². The van der Waals surface area contributed by atoms with E-state index in [1.165, 1.54) is 13.8 Å². The van der Waals surface area contributed by atoms with Crippen LogP contribution >= 0.6 is 11.8 Å². The van der Waals surface area contributed by atoms with Crippen LogP contribution in [-0.2, 0) is 4.79 Å². The third-order valence-electron chi connectivity index (χ3n) is 2.24. The van der Waals surface area contributed by atoms with E-state index in [1.807, 2.05) is 0 Å². The molecule has 0 bridgehead atoms. The van der Waals surface area contributed by atoms with Gasteiger partial charge in [-0.2, -0.15) is 0 Å². The van der Waals surface area contributed by atoms with Crippen LogP contribution in [0, 0.1) is 34.7 Å². The van der Waals surface area contributed by atoms with Gasteiger partial charge in [0.05, 0.1) is 10.5 Å². The second-order valence-corrected chi connectivity index (χ2v) is 5.04. The Labute approximate surface area is 114 Å². The summed E-state index contributed by atoms with van der Waals surface area (Å²) >= 11 is 1.14. The molecule has 1 rings (SSSR count). The summed E-state index contributed by atoms with van der Waals surface area (Å²) in [5, 5.41) is 10.7. The Bertz CT molecular complexity index is 575. The smallest absolute Gasteiger partial charge is 0.273 e. The molecule has 0 unspecified atom stereocenters. The molecule has 0 saturated carbocycles. The van der Waals surface area contributed by atoms with Crippen molar-refractivity contribution in [1.82, 2.24) is 0 Å². The van der Waals surface area contributed by atoms with Crippen molar-refractivity contribution >= 4 is 22.6 Å². The normalized spacial score (nSPS) is 9.63. The van der Waals surface area contributed by atoms with E-state index in [4.69, 9.17) is 0 Å². The SMILES string of the molecule is CC(=O)SCCC#Cc1cc([N+](=O)[O-])c(C)cc1F. The first-order chi connectivity index (χ1) is 8.91. The van der Waals surface area contributed by atoms with Gasteiger partial charge in [0.2, 0.25) is 0 Å². The zero-order valence-corrected chi connectivity index (χ0v) is 11.3. The lowest BCUT2D eigenvalue weighted by Crippen LogP contribution is -1.95. The lowest BCUT2D eigenvalue weighted by molar-refractivity contribution is -0.385. The maximum absolute atomic E-state index is 13.5. The highest BCUT2D eigenvalue weighted by Crippen LogP contribution is 2.21. The Morgan fingerprint density at radius 2 is 2.21 bits per heavy atom. The molecule has 0 saturated heterocycles. The molecule has 0 aromatic heterocycles. The molecule has 0 spiro atoms. The predicted octanol–water partition coefficient (Wildman–Crippen LogP) is 3.06. The zero-order valence-electron chi connectivity index (χ0n) is 10.5. The van der Waals surface area contributed by atoms with Crippen molar-refractivity contribution in [3.8, 4) is 11.8 Å². The highest BCUT2D eigenvalue weighted by Gasteiger charge is 2.14. The summed E-state index contributed by atoms with van der Waals surface area (Å²) < 4.78 is 13.5. The summed E-state index contributed by atoms with van der Waals surface area (Å²) in [5.41, 5.74) is 0.120. The summed E-state index contributed by atoms with van der Waals surface area (Å²) in [5.74, 6) is 5.20. The van der Waals surface area contributed by atoms with E-state index in [0.717, 1.165) is 23.9 Å². The van der Waals surface area contributed by atoms with Gasteiger partial charge in [0.25, 0.3) is 5.69 Å². The van der Waals surface area contributed by atoms with Gasteiger partial charge in [-0.3, -0.25) is 14.9 Å². The maximum Gasteiger partial charge on any atom is 0.273 e. The van der Waals surface area contributed by atoms with Crippen molar-refractivity contribution in [3.63, 3.8) is 0 Å². The van der Waals surface area contributed by atoms with Gasteiger partial charge in [0, 0.05) is 30.7 Å². The Morgan fingerprint density at radius 3 is 2.79 bits per heavy atom. The van der Waals surface area contributed by atoms with E-state index in [1.54, 1.807) is 0 Å². The van der Waals surface area contributed by atoms with Crippen molar-refractivity contribution in [2.24, 2.45) is 0 Å². The minimum atomic E-state index is -0.574. The monoisotopic (exact) mass is 281 g/mol. The van der Waals surface area contributed by atoms with Crippen molar-refractivity contribution in [2.75, 3.05) is 5.75 Å². The average Bonchev–Trinajstić information content (AvgIpc) is 2.30. The number of carbonyl (C=O) groups is 1. The fourth-order valence-corrected chi connectivity index (χ4v) is 1.85. The minimum absolute atomic E-state index is 0.000968. The minimum Gasteiger partial charge on any atom is -0.288 e. The molecule has 0 heterocycles. The first-order valence-electron chi connectivity index (χ1n) is 5.48. The van der Waals surface area contributed by atoms with Gasteiger partial charge < -0.3 is 0 Å². The van der Waals surface area contributed by atoms with E-state index in [9.17, 15) is 19.3 Å². The molecule has 4 nitrogen and oxygen atoms in total. The lowest BCUT2D eigenvalue weighted by atomic mass is 10.1. The highest BCUT2D eigenvalue weighted by atomic mass is 32.2. The molecule has 1 aromatic carbocycles. The Kier molecular flexibility index (Phi) is 5.52. The molecule has 0 aliphatic rings. The molecule has 0 radical (unpaired) electrons. The van der Waals surface area contributed by atoms with Crippen LogP contribution in [-0.4, -0.2) is 15.8 Å². The summed E-state index contributed by atoms with van der Waals surface area (Å²) in [4.78, 5) is 20.8. The third kappa shape index (κ3) is 4.72. The number of hydrogen-bond donors (Lipinski definition) is 0. The summed E-state index contributed by atoms with van der Waals surface area (Å²) in [6, 6.07) is 2.24. The Balaban J connectivity index is 2.84. The number of benzene rings is 1. The van der Waals surface area contributed by atoms with Crippen LogP contribution in [0.15, 0.2) is 12.1 Å². The number of aryl methyl sites for hydroxylation is 1. The number of halogens is 1. The van der Waals surface area contributed by atoms with E-state index in [0.29, 0.717) is 12.2 Å². The van der Waals surface area contributed by atoms with Crippen LogP contribution in [0.3, 0.4) is 0 Å².